The second kappa shape index (κ2) is 24.2. The Kier molecular flexibility index (Phi) is 14.7. The maximum absolute atomic E-state index is 6.43. The molecule has 4 heteroatoms. The molecule has 16 rings (SSSR count). The highest BCUT2D eigenvalue weighted by molar-refractivity contribution is 5.92. The van der Waals surface area contributed by atoms with Crippen LogP contribution in [0.4, 0.5) is 34.1 Å². The zero-order valence-electron chi connectivity index (χ0n) is 51.8. The summed E-state index contributed by atoms with van der Waals surface area (Å²) in [6, 6.07) is 127. The lowest BCUT2D eigenvalue weighted by Crippen LogP contribution is -2.28. The molecule has 0 amide bonds. The Balaban J connectivity index is 0.750. The van der Waals surface area contributed by atoms with Crippen molar-refractivity contribution in [3.63, 3.8) is 0 Å². The lowest BCUT2D eigenvalue weighted by atomic mass is 9.67. The van der Waals surface area contributed by atoms with Crippen LogP contribution in [0.5, 0.6) is 23.0 Å². The molecule has 2 atom stereocenters. The van der Waals surface area contributed by atoms with Gasteiger partial charge in [0.25, 0.3) is 0 Å². The van der Waals surface area contributed by atoms with E-state index in [-0.39, 0.29) is 0 Å². The molecule has 0 aliphatic heterocycles. The molecule has 14 aromatic carbocycles. The number of para-hydroxylation sites is 2. The monoisotopic (exact) mass is 1200 g/mol. The number of hydrogen-bond donors (Lipinski definition) is 0. The van der Waals surface area contributed by atoms with E-state index in [4.69, 9.17) is 9.47 Å². The van der Waals surface area contributed by atoms with Crippen LogP contribution in [0, 0.1) is 0 Å². The van der Waals surface area contributed by atoms with Gasteiger partial charge in [-0.1, -0.05) is 256 Å². The molecule has 2 aliphatic carbocycles. The van der Waals surface area contributed by atoms with Gasteiger partial charge in [-0.2, -0.15) is 0 Å². The summed E-state index contributed by atoms with van der Waals surface area (Å²) in [5.74, 6) is 3.10. The molecule has 4 nitrogen and oxygen atoms in total. The SMILES string of the molecule is C=Cc1ccc(Oc2ccc(C3(c4ccccc4)c4ccccc4-c4ccc(N(c5ccccc5)c5ccc(-c6ccc(N(c7ccccc7)c7ccc8c(c7)C(c7ccccc7)(c7ccc(Oc9ccc(C=C)cc9)cc7)c7ccccc7-8)cc6)cc5)cc43)cc2)cc1. The van der Waals surface area contributed by atoms with Crippen molar-refractivity contribution in [2.24, 2.45) is 0 Å². The van der Waals surface area contributed by atoms with Crippen molar-refractivity contribution >= 4 is 46.3 Å². The van der Waals surface area contributed by atoms with Crippen LogP contribution in [0.2, 0.25) is 0 Å². The second-order valence-electron chi connectivity index (χ2n) is 24.0. The first kappa shape index (κ1) is 57.0. The summed E-state index contributed by atoms with van der Waals surface area (Å²) in [5, 5.41) is 0. The summed E-state index contributed by atoms with van der Waals surface area (Å²) < 4.78 is 12.9. The third kappa shape index (κ3) is 9.88. The van der Waals surface area contributed by atoms with Gasteiger partial charge in [-0.05, 0) is 210 Å². The molecular weight excluding hydrogens is 1140 g/mol. The lowest BCUT2D eigenvalue weighted by Gasteiger charge is -2.35. The molecular formula is C90H64N2O2. The zero-order valence-corrected chi connectivity index (χ0v) is 51.8. The average Bonchev–Trinajstić information content (AvgIpc) is 1.54. The molecule has 0 saturated heterocycles. The van der Waals surface area contributed by atoms with Crippen molar-refractivity contribution in [2.45, 2.75) is 10.8 Å². The molecule has 2 aliphatic rings. The Morgan fingerprint density at radius 1 is 0.234 bits per heavy atom. The van der Waals surface area contributed by atoms with Gasteiger partial charge in [0.2, 0.25) is 0 Å². The van der Waals surface area contributed by atoms with Crippen molar-refractivity contribution in [3.8, 4) is 56.4 Å². The van der Waals surface area contributed by atoms with E-state index in [0.29, 0.717) is 0 Å². The smallest absolute Gasteiger partial charge is 0.127 e. The third-order valence-electron chi connectivity index (χ3n) is 18.9. The highest BCUT2D eigenvalue weighted by Gasteiger charge is 2.48. The molecule has 0 heterocycles. The van der Waals surface area contributed by atoms with E-state index >= 15 is 0 Å². The van der Waals surface area contributed by atoms with Gasteiger partial charge in [0.15, 0.2) is 0 Å². The quantitative estimate of drug-likeness (QED) is 0.0907. The number of benzene rings is 14. The Labute approximate surface area is 550 Å². The Bertz CT molecular complexity index is 4730. The van der Waals surface area contributed by atoms with Crippen molar-refractivity contribution in [3.05, 3.63) is 421 Å². The van der Waals surface area contributed by atoms with E-state index in [0.717, 1.165) is 90.5 Å². The van der Waals surface area contributed by atoms with Crippen molar-refractivity contribution in [1.82, 2.24) is 0 Å². The van der Waals surface area contributed by atoms with E-state index in [2.05, 4.69) is 326 Å². The molecule has 0 aromatic heterocycles. The van der Waals surface area contributed by atoms with Crippen molar-refractivity contribution in [2.75, 3.05) is 9.80 Å². The largest absolute Gasteiger partial charge is 0.457 e. The molecule has 0 bridgehead atoms. The van der Waals surface area contributed by atoms with Crippen LogP contribution < -0.4 is 19.3 Å². The predicted molar refractivity (Wildman–Crippen MR) is 389 cm³/mol. The van der Waals surface area contributed by atoms with Crippen LogP contribution in [0.15, 0.2) is 365 Å². The second-order valence-corrected chi connectivity index (χ2v) is 24.0. The molecule has 0 spiro atoms. The predicted octanol–water partition coefficient (Wildman–Crippen LogP) is 23.9. The van der Waals surface area contributed by atoms with Crippen molar-refractivity contribution in [1.29, 1.82) is 0 Å². The minimum atomic E-state index is -0.634. The van der Waals surface area contributed by atoms with Gasteiger partial charge >= 0.3 is 0 Å². The van der Waals surface area contributed by atoms with E-state index in [1.807, 2.05) is 60.7 Å². The maximum atomic E-state index is 6.43. The first-order valence-corrected chi connectivity index (χ1v) is 32.0. The van der Waals surface area contributed by atoms with Gasteiger partial charge in [0, 0.05) is 34.1 Å². The first-order valence-electron chi connectivity index (χ1n) is 32.0. The van der Waals surface area contributed by atoms with E-state index in [9.17, 15) is 0 Å². The zero-order chi connectivity index (χ0) is 63.0. The molecule has 0 fully saturated rings. The summed E-state index contributed by atoms with van der Waals surface area (Å²) in [5.41, 5.74) is 23.9. The van der Waals surface area contributed by atoms with Crippen LogP contribution in [0.3, 0.4) is 0 Å². The minimum Gasteiger partial charge on any atom is -0.457 e. The van der Waals surface area contributed by atoms with Gasteiger partial charge in [-0.3, -0.25) is 0 Å². The van der Waals surface area contributed by atoms with Gasteiger partial charge in [0.05, 0.1) is 10.8 Å². The third-order valence-corrected chi connectivity index (χ3v) is 18.9. The Morgan fingerprint density at radius 2 is 0.511 bits per heavy atom. The van der Waals surface area contributed by atoms with E-state index in [1.54, 1.807) is 0 Å². The van der Waals surface area contributed by atoms with Crippen LogP contribution in [-0.2, 0) is 10.8 Å². The molecule has 446 valence electrons. The van der Waals surface area contributed by atoms with Crippen LogP contribution in [-0.4, -0.2) is 0 Å². The number of fused-ring (bicyclic) bond motifs is 6. The lowest BCUT2D eigenvalue weighted by molar-refractivity contribution is 0.482. The molecule has 2 unspecified atom stereocenters. The molecule has 0 N–H and O–H groups in total. The first-order chi connectivity index (χ1) is 46.5. The molecule has 14 aromatic rings. The summed E-state index contributed by atoms with van der Waals surface area (Å²) in [6.07, 6.45) is 3.68. The fourth-order valence-corrected chi connectivity index (χ4v) is 14.6. The summed E-state index contributed by atoms with van der Waals surface area (Å²) in [7, 11) is 0. The fraction of sp³-hybridized carbons (Fsp3) is 0.0222. The van der Waals surface area contributed by atoms with Crippen LogP contribution in [0.25, 0.3) is 45.5 Å². The normalized spacial score (nSPS) is 14.8. The van der Waals surface area contributed by atoms with Gasteiger partial charge in [-0.25, -0.2) is 0 Å². The molecule has 94 heavy (non-hydrogen) atoms. The Morgan fingerprint density at radius 3 is 0.862 bits per heavy atom. The van der Waals surface area contributed by atoms with Gasteiger partial charge in [0.1, 0.15) is 23.0 Å². The number of rotatable bonds is 17. The van der Waals surface area contributed by atoms with Gasteiger partial charge in [-0.15, -0.1) is 0 Å². The molecule has 0 radical (unpaired) electrons. The summed E-state index contributed by atoms with van der Waals surface area (Å²) in [4.78, 5) is 4.77. The summed E-state index contributed by atoms with van der Waals surface area (Å²) in [6.45, 7) is 7.84. The molecule has 0 saturated carbocycles. The minimum absolute atomic E-state index is 0.634. The van der Waals surface area contributed by atoms with Crippen LogP contribution >= 0.6 is 0 Å². The van der Waals surface area contributed by atoms with Gasteiger partial charge < -0.3 is 19.3 Å². The maximum Gasteiger partial charge on any atom is 0.127 e. The average molecular weight is 1210 g/mol. The van der Waals surface area contributed by atoms with Crippen LogP contribution in [0.1, 0.15) is 55.6 Å². The number of anilines is 6. The Hall–Kier alpha value is -12.2. The highest BCUT2D eigenvalue weighted by atomic mass is 16.5. The standard InChI is InChI=1S/C90H64N2O2/c1-3-63-33-51-77(52-34-63)93-79-55-41-69(42-56-79)89(67-21-9-5-10-22-67)85-31-19-17-29-81(85)83-59-49-75(61-87(83)89)91(71-25-13-7-14-26-71)73-45-37-65(38-46-73)66-39-47-74(48-40-66)92(72-27-15-8-16-28-72)76-50-60-84-82-30-18-20-32-86(82)90(88(84)62-76,68-23-11-6-12-24-68)70-43-57-80(58-44-70)94-78-53-35-64(4-2)36-54-78/h3-62H,1-2H2. The number of nitrogens with zero attached hydrogens (tertiary/aromatic N) is 2. The highest BCUT2D eigenvalue weighted by Crippen LogP contribution is 2.59. The van der Waals surface area contributed by atoms with Crippen molar-refractivity contribution < 1.29 is 9.47 Å². The topological polar surface area (TPSA) is 24.9 Å². The number of hydrogen-bond acceptors (Lipinski definition) is 4. The van der Waals surface area contributed by atoms with E-state index in [1.165, 1.54) is 55.6 Å². The fourth-order valence-electron chi connectivity index (χ4n) is 14.6. The van der Waals surface area contributed by atoms with E-state index < -0.39 is 10.8 Å². The number of ether oxygens (including phenoxy) is 2. The summed E-state index contributed by atoms with van der Waals surface area (Å²) >= 11 is 0.